The molecule has 2 aliphatic heterocycles. The molecule has 1 saturated heterocycles. The molecular weight excluding hydrogens is 300 g/mol. The van der Waals surface area contributed by atoms with Crippen molar-refractivity contribution in [1.29, 1.82) is 5.26 Å². The van der Waals surface area contributed by atoms with E-state index in [1.54, 1.807) is 0 Å². The number of carbonyl (C=O) groups is 1. The fourth-order valence-corrected chi connectivity index (χ4v) is 3.72. The van der Waals surface area contributed by atoms with Crippen LogP contribution in [-0.2, 0) is 4.74 Å². The monoisotopic (exact) mass is 324 g/mol. The van der Waals surface area contributed by atoms with Gasteiger partial charge in [0.1, 0.15) is 5.60 Å². The minimum Gasteiger partial charge on any atom is -0.444 e. The van der Waals surface area contributed by atoms with Crippen molar-refractivity contribution in [1.82, 2.24) is 4.90 Å². The van der Waals surface area contributed by atoms with E-state index in [-0.39, 0.29) is 18.2 Å². The maximum absolute atomic E-state index is 12.5. The Hall–Kier alpha value is -2.28. The predicted octanol–water partition coefficient (Wildman–Crippen LogP) is 4.42. The Bertz CT molecular complexity index is 737. The van der Waals surface area contributed by atoms with E-state index in [2.05, 4.69) is 12.1 Å². The Balaban J connectivity index is 1.85. The van der Waals surface area contributed by atoms with Crippen LogP contribution in [0.4, 0.5) is 4.79 Å². The number of carbonyl (C=O) groups excluding carboxylic acids is 1. The number of ether oxygens (including phenoxy) is 1. The van der Waals surface area contributed by atoms with E-state index in [1.807, 2.05) is 50.8 Å². The summed E-state index contributed by atoms with van der Waals surface area (Å²) < 4.78 is 5.57. The zero-order valence-corrected chi connectivity index (χ0v) is 14.8. The van der Waals surface area contributed by atoms with Gasteiger partial charge in [-0.05, 0) is 75.8 Å². The quantitative estimate of drug-likeness (QED) is 0.768. The van der Waals surface area contributed by atoms with Crippen molar-refractivity contribution in [3.63, 3.8) is 0 Å². The molecule has 2 aliphatic rings. The summed E-state index contributed by atoms with van der Waals surface area (Å²) in [6.45, 7) is 7.74. The normalized spacial score (nSPS) is 22.8. The van der Waals surface area contributed by atoms with Gasteiger partial charge in [-0.1, -0.05) is 12.1 Å². The van der Waals surface area contributed by atoms with Crippen LogP contribution < -0.4 is 0 Å². The van der Waals surface area contributed by atoms with Crippen molar-refractivity contribution in [2.45, 2.75) is 64.6 Å². The van der Waals surface area contributed by atoms with Crippen LogP contribution in [0, 0.1) is 18.3 Å². The third kappa shape index (κ3) is 3.17. The molecule has 0 aromatic heterocycles. The third-order valence-electron chi connectivity index (χ3n) is 4.70. The van der Waals surface area contributed by atoms with E-state index in [9.17, 15) is 4.79 Å². The molecule has 1 amide bonds. The van der Waals surface area contributed by atoms with E-state index in [0.717, 1.165) is 24.8 Å². The highest BCUT2D eigenvalue weighted by molar-refractivity contribution is 5.76. The van der Waals surface area contributed by atoms with Gasteiger partial charge in [0, 0.05) is 6.04 Å². The van der Waals surface area contributed by atoms with E-state index >= 15 is 0 Å². The average molecular weight is 324 g/mol. The summed E-state index contributed by atoms with van der Waals surface area (Å²) >= 11 is 0. The van der Waals surface area contributed by atoms with Crippen molar-refractivity contribution in [2.24, 2.45) is 0 Å². The highest BCUT2D eigenvalue weighted by atomic mass is 16.6. The fourth-order valence-electron chi connectivity index (χ4n) is 3.72. The van der Waals surface area contributed by atoms with Gasteiger partial charge >= 0.3 is 6.09 Å². The van der Waals surface area contributed by atoms with Gasteiger partial charge in [0.15, 0.2) is 0 Å². The number of aryl methyl sites for hydroxylation is 1. The summed E-state index contributed by atoms with van der Waals surface area (Å²) in [7, 11) is 0. The first-order valence-corrected chi connectivity index (χ1v) is 8.51. The number of hydrogen-bond donors (Lipinski definition) is 0. The van der Waals surface area contributed by atoms with E-state index in [0.29, 0.717) is 5.56 Å². The number of amides is 1. The second-order valence-corrected chi connectivity index (χ2v) is 7.72. The fraction of sp³-hybridized carbons (Fsp3) is 0.500. The molecule has 1 aromatic rings. The molecule has 126 valence electrons. The van der Waals surface area contributed by atoms with Crippen molar-refractivity contribution in [3.05, 3.63) is 41.0 Å². The summed E-state index contributed by atoms with van der Waals surface area (Å²) in [5, 5.41) is 9.02. The van der Waals surface area contributed by atoms with Gasteiger partial charge in [-0.25, -0.2) is 4.79 Å². The molecule has 4 nitrogen and oxygen atoms in total. The van der Waals surface area contributed by atoms with Gasteiger partial charge in [-0.3, -0.25) is 4.90 Å². The van der Waals surface area contributed by atoms with E-state index in [4.69, 9.17) is 10.00 Å². The molecule has 0 spiro atoms. The molecule has 0 aliphatic carbocycles. The first-order valence-electron chi connectivity index (χ1n) is 8.51. The van der Waals surface area contributed by atoms with Gasteiger partial charge in [0.2, 0.25) is 0 Å². The van der Waals surface area contributed by atoms with Crippen molar-refractivity contribution < 1.29 is 9.53 Å². The Morgan fingerprint density at radius 1 is 1.33 bits per heavy atom. The van der Waals surface area contributed by atoms with Crippen LogP contribution in [0.25, 0.3) is 5.57 Å². The average Bonchev–Trinajstić information content (AvgIpc) is 2.76. The van der Waals surface area contributed by atoms with Gasteiger partial charge < -0.3 is 4.74 Å². The van der Waals surface area contributed by atoms with Crippen molar-refractivity contribution >= 4 is 11.7 Å². The molecule has 2 unspecified atom stereocenters. The van der Waals surface area contributed by atoms with Gasteiger partial charge in [-0.15, -0.1) is 0 Å². The predicted molar refractivity (Wildman–Crippen MR) is 93.4 cm³/mol. The Labute approximate surface area is 143 Å². The van der Waals surface area contributed by atoms with Crippen molar-refractivity contribution in [2.75, 3.05) is 0 Å². The standard InChI is InChI=1S/C20H24N2O2/c1-13-9-14(12-21)5-8-18(13)15-10-16-6-7-17(11-15)22(16)19(23)24-20(2,3)4/h5,8-10,16-17H,6-7,11H2,1-4H3. The van der Waals surface area contributed by atoms with Crippen LogP contribution in [0.2, 0.25) is 0 Å². The summed E-state index contributed by atoms with van der Waals surface area (Å²) in [4.78, 5) is 14.4. The summed E-state index contributed by atoms with van der Waals surface area (Å²) in [6.07, 6.45) is 4.86. The lowest BCUT2D eigenvalue weighted by atomic mass is 9.91. The lowest BCUT2D eigenvalue weighted by Crippen LogP contribution is -2.45. The van der Waals surface area contributed by atoms with Gasteiger partial charge in [-0.2, -0.15) is 5.26 Å². The minimum absolute atomic E-state index is 0.114. The Morgan fingerprint density at radius 3 is 2.67 bits per heavy atom. The molecule has 0 radical (unpaired) electrons. The third-order valence-corrected chi connectivity index (χ3v) is 4.70. The SMILES string of the molecule is Cc1cc(C#N)ccc1C1=CC2CCC(C1)N2C(=O)OC(C)(C)C. The van der Waals surface area contributed by atoms with Crippen LogP contribution in [0.5, 0.6) is 0 Å². The Kier molecular flexibility index (Phi) is 4.13. The maximum atomic E-state index is 12.5. The smallest absolute Gasteiger partial charge is 0.411 e. The topological polar surface area (TPSA) is 53.3 Å². The largest absolute Gasteiger partial charge is 0.444 e. The first-order chi connectivity index (χ1) is 11.3. The molecule has 24 heavy (non-hydrogen) atoms. The van der Waals surface area contributed by atoms with Crippen LogP contribution in [-0.4, -0.2) is 28.7 Å². The summed E-state index contributed by atoms with van der Waals surface area (Å²) in [5.74, 6) is 0. The number of nitrogens with zero attached hydrogens (tertiary/aromatic N) is 2. The zero-order valence-electron chi connectivity index (χ0n) is 14.8. The van der Waals surface area contributed by atoms with E-state index in [1.165, 1.54) is 11.1 Å². The Morgan fingerprint density at radius 2 is 2.08 bits per heavy atom. The molecule has 2 atom stereocenters. The molecule has 4 heteroatoms. The number of fused-ring (bicyclic) bond motifs is 2. The number of rotatable bonds is 1. The minimum atomic E-state index is -0.468. The maximum Gasteiger partial charge on any atom is 0.411 e. The first kappa shape index (κ1) is 16.6. The number of hydrogen-bond acceptors (Lipinski definition) is 3. The molecule has 1 fully saturated rings. The highest BCUT2D eigenvalue weighted by Crippen LogP contribution is 2.40. The molecule has 3 rings (SSSR count). The van der Waals surface area contributed by atoms with Gasteiger partial charge in [0.25, 0.3) is 0 Å². The number of nitriles is 1. The lowest BCUT2D eigenvalue weighted by molar-refractivity contribution is 0.0175. The lowest BCUT2D eigenvalue weighted by Gasteiger charge is -2.35. The summed E-state index contributed by atoms with van der Waals surface area (Å²) in [6, 6.07) is 8.33. The molecule has 0 N–H and O–H groups in total. The molecular formula is C20H24N2O2. The highest BCUT2D eigenvalue weighted by Gasteiger charge is 2.41. The second kappa shape index (κ2) is 5.98. The molecule has 2 bridgehead atoms. The van der Waals surface area contributed by atoms with E-state index < -0.39 is 5.60 Å². The van der Waals surface area contributed by atoms with Crippen LogP contribution >= 0.6 is 0 Å². The van der Waals surface area contributed by atoms with Crippen molar-refractivity contribution in [3.8, 4) is 6.07 Å². The molecule has 0 saturated carbocycles. The second-order valence-electron chi connectivity index (χ2n) is 7.72. The zero-order chi connectivity index (χ0) is 17.5. The van der Waals surface area contributed by atoms with Gasteiger partial charge in [0.05, 0.1) is 17.7 Å². The van der Waals surface area contributed by atoms with Crippen LogP contribution in [0.3, 0.4) is 0 Å². The number of benzene rings is 1. The molecule has 1 aromatic carbocycles. The summed E-state index contributed by atoms with van der Waals surface area (Å²) in [5.41, 5.74) is 3.81. The molecule has 2 heterocycles. The van der Waals surface area contributed by atoms with Crippen LogP contribution in [0.1, 0.15) is 56.7 Å². The van der Waals surface area contributed by atoms with Crippen LogP contribution in [0.15, 0.2) is 24.3 Å².